The van der Waals surface area contributed by atoms with Crippen molar-refractivity contribution in [2.24, 2.45) is 0 Å². The Kier molecular flexibility index (Phi) is 6.57. The van der Waals surface area contributed by atoms with Gasteiger partial charge in [0.2, 0.25) is 0 Å². The highest BCUT2D eigenvalue weighted by Crippen LogP contribution is 2.31. The van der Waals surface area contributed by atoms with Gasteiger partial charge in [-0.1, -0.05) is 29.8 Å². The summed E-state index contributed by atoms with van der Waals surface area (Å²) in [5, 5.41) is 1.31. The van der Waals surface area contributed by atoms with Gasteiger partial charge in [0.1, 0.15) is 0 Å². The molecule has 0 radical (unpaired) electrons. The van der Waals surface area contributed by atoms with Gasteiger partial charge in [-0.25, -0.2) is 5.43 Å². The van der Waals surface area contributed by atoms with E-state index in [1.165, 1.54) is 6.08 Å². The third kappa shape index (κ3) is 4.90. The number of carbonyl (C=O) groups is 1. The number of aryl methyl sites for hydroxylation is 1. The number of benzene rings is 1. The lowest BCUT2D eigenvalue weighted by atomic mass is 10.2. The lowest BCUT2D eigenvalue weighted by Gasteiger charge is -2.08. The zero-order valence-corrected chi connectivity index (χ0v) is 12.3. The highest BCUT2D eigenvalue weighted by Gasteiger charge is 2.05. The van der Waals surface area contributed by atoms with E-state index in [4.69, 9.17) is 23.2 Å². The van der Waals surface area contributed by atoms with Crippen LogP contribution in [0.4, 0.5) is 0 Å². The molecular weight excluding hydrogens is 291 g/mol. The summed E-state index contributed by atoms with van der Waals surface area (Å²) in [4.78, 5) is 11.8. The summed E-state index contributed by atoms with van der Waals surface area (Å²) in [5.41, 5.74) is 6.27. The summed E-state index contributed by atoms with van der Waals surface area (Å²) in [7, 11) is 0. The summed E-state index contributed by atoms with van der Waals surface area (Å²) < 4.78 is 0. The van der Waals surface area contributed by atoms with Crippen LogP contribution in [0.3, 0.4) is 0 Å². The number of thioether (sulfide) groups is 1. The number of nitrogens with one attached hydrogen (secondary N) is 2. The van der Waals surface area contributed by atoms with Gasteiger partial charge in [-0.2, -0.15) is 0 Å². The maximum Gasteiger partial charge on any atom is 0.257 e. The van der Waals surface area contributed by atoms with E-state index in [-0.39, 0.29) is 5.91 Å². The number of hydrogen-bond donors (Lipinski definition) is 2. The third-order valence-electron chi connectivity index (χ3n) is 2.09. The van der Waals surface area contributed by atoms with Crippen LogP contribution in [-0.4, -0.2) is 18.2 Å². The van der Waals surface area contributed by atoms with Crippen LogP contribution in [-0.2, 0) is 4.79 Å². The van der Waals surface area contributed by atoms with Crippen molar-refractivity contribution < 1.29 is 4.79 Å². The van der Waals surface area contributed by atoms with Crippen molar-refractivity contribution in [2.75, 3.05) is 12.3 Å². The monoisotopic (exact) mass is 304 g/mol. The Morgan fingerprint density at radius 3 is 2.83 bits per heavy atom. The Labute approximate surface area is 121 Å². The largest absolute Gasteiger partial charge is 0.288 e. The predicted molar refractivity (Wildman–Crippen MR) is 78.3 cm³/mol. The van der Waals surface area contributed by atoms with E-state index in [9.17, 15) is 4.79 Å². The van der Waals surface area contributed by atoms with E-state index in [2.05, 4.69) is 17.4 Å². The molecule has 2 N–H and O–H groups in total. The van der Waals surface area contributed by atoms with E-state index in [0.29, 0.717) is 16.6 Å². The number of carbonyl (C=O) groups excluding carboxylic acids is 1. The molecule has 1 aromatic carbocycles. The summed E-state index contributed by atoms with van der Waals surface area (Å²) in [6.07, 6.45) is 1.21. The lowest BCUT2D eigenvalue weighted by molar-refractivity contribution is -0.117. The molecule has 3 nitrogen and oxygen atoms in total. The molecule has 98 valence electrons. The van der Waals surface area contributed by atoms with Crippen LogP contribution in [0.5, 0.6) is 0 Å². The molecule has 0 aliphatic rings. The Hall–Kier alpha value is -0.680. The second-order valence-electron chi connectivity index (χ2n) is 3.50. The van der Waals surface area contributed by atoms with Crippen molar-refractivity contribution in [3.05, 3.63) is 40.4 Å². The van der Waals surface area contributed by atoms with E-state index < -0.39 is 0 Å². The molecule has 6 heteroatoms. The molecule has 0 aliphatic heterocycles. The van der Waals surface area contributed by atoms with Gasteiger partial charge in [-0.3, -0.25) is 10.2 Å². The van der Waals surface area contributed by atoms with E-state index in [1.54, 1.807) is 17.8 Å². The standard InChI is InChI=1S/C12H14Cl2N2OS/c1-3-12(17)16-15-4-5-18-11-6-8(2)9(13)7-10(11)14/h3,6-7,15H,1,4-5H2,2H3,(H,16,17). The number of amides is 1. The molecule has 18 heavy (non-hydrogen) atoms. The van der Waals surface area contributed by atoms with Gasteiger partial charge >= 0.3 is 0 Å². The SMILES string of the molecule is C=CC(=O)NNCCSc1cc(C)c(Cl)cc1Cl. The molecule has 0 atom stereocenters. The van der Waals surface area contributed by atoms with Crippen molar-refractivity contribution >= 4 is 40.9 Å². The number of halogens is 2. The quantitative estimate of drug-likeness (QED) is 0.367. The van der Waals surface area contributed by atoms with E-state index in [0.717, 1.165) is 16.2 Å². The minimum Gasteiger partial charge on any atom is -0.288 e. The molecule has 0 saturated heterocycles. The minimum atomic E-state index is -0.250. The first-order valence-electron chi connectivity index (χ1n) is 5.28. The molecule has 0 aromatic heterocycles. The first kappa shape index (κ1) is 15.4. The van der Waals surface area contributed by atoms with Crippen molar-refractivity contribution in [1.29, 1.82) is 0 Å². The highest BCUT2D eigenvalue weighted by molar-refractivity contribution is 7.99. The molecular formula is C12H14Cl2N2OS. The normalized spacial score (nSPS) is 10.2. The van der Waals surface area contributed by atoms with E-state index >= 15 is 0 Å². The van der Waals surface area contributed by atoms with Gasteiger partial charge in [0.15, 0.2) is 0 Å². The van der Waals surface area contributed by atoms with Crippen LogP contribution in [0, 0.1) is 6.92 Å². The van der Waals surface area contributed by atoms with Gasteiger partial charge in [-0.05, 0) is 30.7 Å². The zero-order valence-electron chi connectivity index (χ0n) is 9.93. The Morgan fingerprint density at radius 2 is 2.17 bits per heavy atom. The highest BCUT2D eigenvalue weighted by atomic mass is 35.5. The Morgan fingerprint density at radius 1 is 1.44 bits per heavy atom. The smallest absolute Gasteiger partial charge is 0.257 e. The second kappa shape index (κ2) is 7.69. The van der Waals surface area contributed by atoms with Gasteiger partial charge in [0.05, 0.1) is 5.02 Å². The first-order valence-corrected chi connectivity index (χ1v) is 7.02. The van der Waals surface area contributed by atoms with Gasteiger partial charge in [-0.15, -0.1) is 11.8 Å². The molecule has 0 fully saturated rings. The Bertz CT molecular complexity index is 452. The molecule has 0 saturated carbocycles. The number of hydrogen-bond acceptors (Lipinski definition) is 3. The van der Waals surface area contributed by atoms with Gasteiger partial charge < -0.3 is 0 Å². The van der Waals surface area contributed by atoms with Crippen molar-refractivity contribution in [1.82, 2.24) is 10.9 Å². The second-order valence-corrected chi connectivity index (χ2v) is 5.45. The molecule has 0 heterocycles. The molecule has 1 amide bonds. The average molecular weight is 305 g/mol. The fraction of sp³-hybridized carbons (Fsp3) is 0.250. The average Bonchev–Trinajstić information content (AvgIpc) is 2.34. The number of hydrazine groups is 1. The number of rotatable bonds is 6. The summed E-state index contributed by atoms with van der Waals surface area (Å²) in [5.74, 6) is 0.526. The predicted octanol–water partition coefficient (Wildman–Crippen LogP) is 3.20. The lowest BCUT2D eigenvalue weighted by Crippen LogP contribution is -2.37. The first-order chi connectivity index (χ1) is 8.54. The van der Waals surface area contributed by atoms with Crippen LogP contribution in [0.15, 0.2) is 29.7 Å². The summed E-state index contributed by atoms with van der Waals surface area (Å²) in [6, 6.07) is 3.70. The molecule has 0 bridgehead atoms. The molecule has 0 aliphatic carbocycles. The Balaban J connectivity index is 2.38. The van der Waals surface area contributed by atoms with Crippen LogP contribution in [0.2, 0.25) is 10.0 Å². The maximum atomic E-state index is 10.8. The maximum absolute atomic E-state index is 10.8. The van der Waals surface area contributed by atoms with Crippen molar-refractivity contribution in [3.63, 3.8) is 0 Å². The fourth-order valence-electron chi connectivity index (χ4n) is 1.15. The van der Waals surface area contributed by atoms with Crippen LogP contribution >= 0.6 is 35.0 Å². The van der Waals surface area contributed by atoms with Gasteiger partial charge in [0, 0.05) is 22.2 Å². The van der Waals surface area contributed by atoms with Crippen molar-refractivity contribution in [3.8, 4) is 0 Å². The third-order valence-corrected chi connectivity index (χ3v) is 3.98. The minimum absolute atomic E-state index is 0.250. The molecule has 1 aromatic rings. The molecule has 1 rings (SSSR count). The van der Waals surface area contributed by atoms with Gasteiger partial charge in [0.25, 0.3) is 5.91 Å². The topological polar surface area (TPSA) is 41.1 Å². The molecule has 0 unspecified atom stereocenters. The van der Waals surface area contributed by atoms with Crippen LogP contribution in [0.1, 0.15) is 5.56 Å². The fourth-order valence-corrected chi connectivity index (χ4v) is 2.58. The summed E-state index contributed by atoms with van der Waals surface area (Å²) in [6.45, 7) is 5.91. The summed E-state index contributed by atoms with van der Waals surface area (Å²) >= 11 is 13.6. The zero-order chi connectivity index (χ0) is 13.5. The van der Waals surface area contributed by atoms with Crippen LogP contribution in [0.25, 0.3) is 0 Å². The molecule has 0 spiro atoms. The van der Waals surface area contributed by atoms with Crippen LogP contribution < -0.4 is 10.9 Å². The van der Waals surface area contributed by atoms with Crippen molar-refractivity contribution in [2.45, 2.75) is 11.8 Å². The van der Waals surface area contributed by atoms with E-state index in [1.807, 2.05) is 13.0 Å².